The number of benzene rings is 3. The summed E-state index contributed by atoms with van der Waals surface area (Å²) in [6.07, 6.45) is -0.882. The summed E-state index contributed by atoms with van der Waals surface area (Å²) < 4.78 is 28.2. The lowest BCUT2D eigenvalue weighted by molar-refractivity contribution is 0.0693. The van der Waals surface area contributed by atoms with Crippen LogP contribution in [0.25, 0.3) is 0 Å². The highest BCUT2D eigenvalue weighted by molar-refractivity contribution is 7.89. The minimum atomic E-state index is -3.86. The minimum absolute atomic E-state index is 0.152. The van der Waals surface area contributed by atoms with Crippen LogP contribution < -0.4 is 0 Å². The van der Waals surface area contributed by atoms with Crippen molar-refractivity contribution in [2.45, 2.75) is 11.1 Å². The van der Waals surface area contributed by atoms with Gasteiger partial charge < -0.3 is 4.90 Å². The zero-order valence-electron chi connectivity index (χ0n) is 15.8. The Kier molecular flexibility index (Phi) is 5.84. The van der Waals surface area contributed by atoms with Gasteiger partial charge in [-0.15, -0.1) is 0 Å². The standard InChI is InChI=1S/C22H18Cl2N2O3S/c23-17-11-12-19(20(24)15-17)21-25(22(27)16-7-3-1-4-8-16)13-14-26(21)30(28,29)18-9-5-2-6-10-18/h1-12,15,21H,13-14H2/t21-/m1/s1. The van der Waals surface area contributed by atoms with Crippen molar-refractivity contribution in [2.24, 2.45) is 0 Å². The molecule has 0 bridgehead atoms. The highest BCUT2D eigenvalue weighted by Gasteiger charge is 2.44. The zero-order chi connectivity index (χ0) is 21.3. The molecule has 3 aromatic carbocycles. The van der Waals surface area contributed by atoms with E-state index in [2.05, 4.69) is 0 Å². The Labute approximate surface area is 185 Å². The van der Waals surface area contributed by atoms with E-state index in [0.29, 0.717) is 21.2 Å². The summed E-state index contributed by atoms with van der Waals surface area (Å²) in [7, 11) is -3.86. The van der Waals surface area contributed by atoms with E-state index in [1.54, 1.807) is 60.7 Å². The first kappa shape index (κ1) is 20.9. The molecule has 0 radical (unpaired) electrons. The number of halogens is 2. The third-order valence-corrected chi connectivity index (χ3v) is 7.43. The summed E-state index contributed by atoms with van der Waals surface area (Å²) in [5.74, 6) is -0.266. The zero-order valence-corrected chi connectivity index (χ0v) is 18.1. The van der Waals surface area contributed by atoms with Crippen LogP contribution in [-0.2, 0) is 10.0 Å². The molecule has 5 nitrogen and oxygen atoms in total. The number of sulfonamides is 1. The first-order valence-electron chi connectivity index (χ1n) is 9.27. The van der Waals surface area contributed by atoms with Gasteiger partial charge in [0.25, 0.3) is 5.91 Å². The van der Waals surface area contributed by atoms with Gasteiger partial charge in [-0.1, -0.05) is 65.7 Å². The molecule has 0 aromatic heterocycles. The molecule has 30 heavy (non-hydrogen) atoms. The molecular weight excluding hydrogens is 443 g/mol. The molecule has 8 heteroatoms. The second-order valence-electron chi connectivity index (χ2n) is 6.83. The van der Waals surface area contributed by atoms with Crippen molar-refractivity contribution in [3.63, 3.8) is 0 Å². The Bertz CT molecular complexity index is 1170. The second-order valence-corrected chi connectivity index (χ2v) is 9.57. The lowest BCUT2D eigenvalue weighted by Crippen LogP contribution is -2.38. The number of rotatable bonds is 4. The lowest BCUT2D eigenvalue weighted by Gasteiger charge is -2.31. The van der Waals surface area contributed by atoms with Crippen molar-refractivity contribution >= 4 is 39.1 Å². The average molecular weight is 461 g/mol. The largest absolute Gasteiger partial charge is 0.316 e. The predicted molar refractivity (Wildman–Crippen MR) is 117 cm³/mol. The maximum atomic E-state index is 13.4. The first-order valence-corrected chi connectivity index (χ1v) is 11.5. The van der Waals surface area contributed by atoms with E-state index in [9.17, 15) is 13.2 Å². The Hall–Kier alpha value is -2.38. The Morgan fingerprint density at radius 1 is 0.867 bits per heavy atom. The molecule has 1 amide bonds. The van der Waals surface area contributed by atoms with Gasteiger partial charge in [0, 0.05) is 34.3 Å². The molecule has 1 aliphatic rings. The van der Waals surface area contributed by atoms with E-state index >= 15 is 0 Å². The topological polar surface area (TPSA) is 57.7 Å². The maximum absolute atomic E-state index is 13.4. The van der Waals surface area contributed by atoms with Crippen molar-refractivity contribution in [3.8, 4) is 0 Å². The van der Waals surface area contributed by atoms with E-state index in [1.807, 2.05) is 6.07 Å². The van der Waals surface area contributed by atoms with Crippen molar-refractivity contribution in [1.29, 1.82) is 0 Å². The van der Waals surface area contributed by atoms with E-state index in [-0.39, 0.29) is 23.9 Å². The third kappa shape index (κ3) is 3.84. The van der Waals surface area contributed by atoms with Crippen LogP contribution in [-0.4, -0.2) is 36.6 Å². The molecule has 0 saturated carbocycles. The van der Waals surface area contributed by atoms with Crippen molar-refractivity contribution in [3.05, 3.63) is 100 Å². The highest BCUT2D eigenvalue weighted by Crippen LogP contribution is 2.39. The molecule has 154 valence electrons. The smallest absolute Gasteiger partial charge is 0.255 e. The number of carbonyl (C=O) groups is 1. The predicted octanol–water partition coefficient (Wildman–Crippen LogP) is 4.84. The molecule has 1 atom stereocenters. The number of hydrogen-bond donors (Lipinski definition) is 0. The van der Waals surface area contributed by atoms with Crippen molar-refractivity contribution in [2.75, 3.05) is 13.1 Å². The van der Waals surface area contributed by atoms with E-state index in [0.717, 1.165) is 0 Å². The van der Waals surface area contributed by atoms with Gasteiger partial charge in [-0.3, -0.25) is 4.79 Å². The number of amides is 1. The van der Waals surface area contributed by atoms with Gasteiger partial charge in [-0.25, -0.2) is 8.42 Å². The maximum Gasteiger partial charge on any atom is 0.255 e. The van der Waals surface area contributed by atoms with Crippen LogP contribution in [0, 0.1) is 0 Å². The summed E-state index contributed by atoms with van der Waals surface area (Å²) in [6, 6.07) is 21.8. The number of hydrogen-bond acceptors (Lipinski definition) is 3. The van der Waals surface area contributed by atoms with Gasteiger partial charge in [0.15, 0.2) is 0 Å². The van der Waals surface area contributed by atoms with E-state index < -0.39 is 16.2 Å². The quantitative estimate of drug-likeness (QED) is 0.559. The molecule has 0 aliphatic carbocycles. The van der Waals surface area contributed by atoms with Crippen molar-refractivity contribution in [1.82, 2.24) is 9.21 Å². The van der Waals surface area contributed by atoms with Gasteiger partial charge in [0.2, 0.25) is 10.0 Å². The number of nitrogens with zero attached hydrogens (tertiary/aromatic N) is 2. The SMILES string of the molecule is O=C(c1ccccc1)N1CCN(S(=O)(=O)c2ccccc2)[C@@H]1c1ccc(Cl)cc1Cl. The fourth-order valence-electron chi connectivity index (χ4n) is 3.58. The van der Waals surface area contributed by atoms with Crippen LogP contribution in [0.4, 0.5) is 0 Å². The van der Waals surface area contributed by atoms with Gasteiger partial charge in [0.05, 0.1) is 4.90 Å². The van der Waals surface area contributed by atoms with Crippen LogP contribution in [0.5, 0.6) is 0 Å². The molecular formula is C22H18Cl2N2O3S. The molecule has 1 fully saturated rings. The monoisotopic (exact) mass is 460 g/mol. The van der Waals surface area contributed by atoms with Crippen molar-refractivity contribution < 1.29 is 13.2 Å². The second kappa shape index (κ2) is 8.40. The Balaban J connectivity index is 1.82. The summed E-state index contributed by atoms with van der Waals surface area (Å²) in [6.45, 7) is 0.392. The number of carbonyl (C=O) groups excluding carboxylic acids is 1. The molecule has 0 unspecified atom stereocenters. The van der Waals surface area contributed by atoms with Gasteiger partial charge in [-0.2, -0.15) is 4.31 Å². The summed E-state index contributed by atoms with van der Waals surface area (Å²) >= 11 is 12.5. The molecule has 4 rings (SSSR count). The van der Waals surface area contributed by atoms with Crippen LogP contribution in [0.3, 0.4) is 0 Å². The molecule has 1 aliphatic heterocycles. The molecule has 3 aromatic rings. The molecule has 0 N–H and O–H groups in total. The fourth-order valence-corrected chi connectivity index (χ4v) is 5.67. The molecule has 1 heterocycles. The molecule has 0 spiro atoms. The Morgan fingerprint density at radius 3 is 2.13 bits per heavy atom. The van der Waals surface area contributed by atoms with E-state index in [1.165, 1.54) is 21.3 Å². The van der Waals surface area contributed by atoms with Crippen LogP contribution in [0.1, 0.15) is 22.1 Å². The normalized spacial score (nSPS) is 17.3. The third-order valence-electron chi connectivity index (χ3n) is 5.00. The van der Waals surface area contributed by atoms with Gasteiger partial charge >= 0.3 is 0 Å². The van der Waals surface area contributed by atoms with Crippen LogP contribution >= 0.6 is 23.2 Å². The highest BCUT2D eigenvalue weighted by atomic mass is 35.5. The van der Waals surface area contributed by atoms with Crippen LogP contribution in [0.2, 0.25) is 10.0 Å². The summed E-state index contributed by atoms with van der Waals surface area (Å²) in [5.41, 5.74) is 0.980. The lowest BCUT2D eigenvalue weighted by atomic mass is 10.1. The van der Waals surface area contributed by atoms with Gasteiger partial charge in [-0.05, 0) is 36.4 Å². The Morgan fingerprint density at radius 2 is 1.50 bits per heavy atom. The van der Waals surface area contributed by atoms with Crippen LogP contribution in [0.15, 0.2) is 83.8 Å². The van der Waals surface area contributed by atoms with Gasteiger partial charge in [0.1, 0.15) is 6.17 Å². The molecule has 1 saturated heterocycles. The fraction of sp³-hybridized carbons (Fsp3) is 0.136. The minimum Gasteiger partial charge on any atom is -0.316 e. The van der Waals surface area contributed by atoms with E-state index in [4.69, 9.17) is 23.2 Å². The summed E-state index contributed by atoms with van der Waals surface area (Å²) in [4.78, 5) is 14.9. The first-order chi connectivity index (χ1) is 14.4. The average Bonchev–Trinajstić information content (AvgIpc) is 3.20. The summed E-state index contributed by atoms with van der Waals surface area (Å²) in [5, 5.41) is 0.730.